The predicted molar refractivity (Wildman–Crippen MR) is 111 cm³/mol. The third-order valence-electron chi connectivity index (χ3n) is 4.29. The molecule has 0 unspecified atom stereocenters. The summed E-state index contributed by atoms with van der Waals surface area (Å²) >= 11 is 0. The van der Waals surface area contributed by atoms with Crippen molar-refractivity contribution in [2.75, 3.05) is 13.7 Å². The molecule has 32 heavy (non-hydrogen) atoms. The van der Waals surface area contributed by atoms with E-state index in [1.54, 1.807) is 13.8 Å². The Kier molecular flexibility index (Phi) is 6.58. The summed E-state index contributed by atoms with van der Waals surface area (Å²) in [5.41, 5.74) is -0.653. The largest absolute Gasteiger partial charge is 0.496 e. The average Bonchev–Trinajstić information content (AvgIpc) is 2.74. The molecule has 0 saturated heterocycles. The highest BCUT2D eigenvalue weighted by molar-refractivity contribution is 7.87. The maximum absolute atomic E-state index is 13.2. The van der Waals surface area contributed by atoms with E-state index in [-0.39, 0.29) is 17.2 Å². The minimum Gasteiger partial charge on any atom is -0.496 e. The molecule has 0 atom stereocenters. The van der Waals surface area contributed by atoms with Gasteiger partial charge in [-0.05, 0) is 61.9 Å². The van der Waals surface area contributed by atoms with Gasteiger partial charge in [-0.25, -0.2) is 9.18 Å². The minimum absolute atomic E-state index is 0.0277. The molecule has 0 N–H and O–H groups in total. The van der Waals surface area contributed by atoms with Crippen molar-refractivity contribution in [1.82, 2.24) is 9.78 Å². The van der Waals surface area contributed by atoms with Gasteiger partial charge in [0.25, 0.3) is 5.56 Å². The maximum atomic E-state index is 13.2. The molecule has 3 aromatic rings. The second kappa shape index (κ2) is 9.18. The highest BCUT2D eigenvalue weighted by Crippen LogP contribution is 2.25. The Hall–Kier alpha value is -3.73. The first-order chi connectivity index (χ1) is 15.2. The standard InChI is InChI=1S/C21H19FN2O7S/c1-4-30-21(26)20-18(12-19(25)24(23-20)15-7-5-14(22)6-8-15)31-32(27,28)16-9-10-17(29-3)13(2)11-16/h5-12H,4H2,1-3H3. The van der Waals surface area contributed by atoms with Crippen LogP contribution in [0, 0.1) is 12.7 Å². The molecule has 0 fully saturated rings. The fraction of sp³-hybridized carbons (Fsp3) is 0.190. The van der Waals surface area contributed by atoms with Crippen LogP contribution in [0.1, 0.15) is 23.0 Å². The van der Waals surface area contributed by atoms with Crippen molar-refractivity contribution in [3.63, 3.8) is 0 Å². The number of carbonyl (C=O) groups excluding carboxylic acids is 1. The third-order valence-corrected chi connectivity index (χ3v) is 5.52. The first-order valence-corrected chi connectivity index (χ1v) is 10.7. The van der Waals surface area contributed by atoms with E-state index in [1.165, 1.54) is 37.4 Å². The Labute approximate surface area is 183 Å². The molecule has 0 amide bonds. The van der Waals surface area contributed by atoms with Gasteiger partial charge in [0.2, 0.25) is 5.69 Å². The molecule has 1 heterocycles. The zero-order valence-corrected chi connectivity index (χ0v) is 18.2. The summed E-state index contributed by atoms with van der Waals surface area (Å²) in [4.78, 5) is 24.8. The zero-order chi connectivity index (χ0) is 23.5. The topological polar surface area (TPSA) is 114 Å². The molecular weight excluding hydrogens is 443 g/mol. The number of hydrogen-bond donors (Lipinski definition) is 0. The van der Waals surface area contributed by atoms with Crippen molar-refractivity contribution in [3.05, 3.63) is 76.0 Å². The third kappa shape index (κ3) is 4.78. The van der Waals surface area contributed by atoms with Crippen LogP contribution in [-0.2, 0) is 14.9 Å². The summed E-state index contributed by atoms with van der Waals surface area (Å²) in [6.45, 7) is 3.17. The molecule has 2 aromatic carbocycles. The number of nitrogens with zero attached hydrogens (tertiary/aromatic N) is 2. The number of halogens is 1. The van der Waals surface area contributed by atoms with Gasteiger partial charge in [0.15, 0.2) is 5.75 Å². The van der Waals surface area contributed by atoms with Crippen LogP contribution >= 0.6 is 0 Å². The van der Waals surface area contributed by atoms with Crippen LogP contribution in [-0.4, -0.2) is 37.9 Å². The van der Waals surface area contributed by atoms with E-state index in [2.05, 4.69) is 5.10 Å². The molecule has 3 rings (SSSR count). The van der Waals surface area contributed by atoms with Crippen LogP contribution < -0.4 is 14.5 Å². The zero-order valence-electron chi connectivity index (χ0n) is 17.4. The summed E-state index contributed by atoms with van der Waals surface area (Å²) in [5.74, 6) is -1.66. The van der Waals surface area contributed by atoms with E-state index in [4.69, 9.17) is 13.7 Å². The summed E-state index contributed by atoms with van der Waals surface area (Å²) in [5, 5.41) is 3.91. The lowest BCUT2D eigenvalue weighted by molar-refractivity contribution is 0.0515. The van der Waals surface area contributed by atoms with Crippen molar-refractivity contribution in [3.8, 4) is 17.2 Å². The minimum atomic E-state index is -4.43. The van der Waals surface area contributed by atoms with E-state index in [0.717, 1.165) is 22.9 Å². The van der Waals surface area contributed by atoms with Gasteiger partial charge in [-0.1, -0.05) is 0 Å². The lowest BCUT2D eigenvalue weighted by Crippen LogP contribution is -2.26. The number of aromatic nitrogens is 2. The number of hydrogen-bond acceptors (Lipinski definition) is 8. The number of aryl methyl sites for hydroxylation is 1. The van der Waals surface area contributed by atoms with E-state index in [9.17, 15) is 22.4 Å². The van der Waals surface area contributed by atoms with Crippen LogP contribution in [0.3, 0.4) is 0 Å². The van der Waals surface area contributed by atoms with Crippen LogP contribution in [0.5, 0.6) is 11.5 Å². The summed E-state index contributed by atoms with van der Waals surface area (Å²) in [6, 6.07) is 9.60. The molecule has 11 heteroatoms. The first-order valence-electron chi connectivity index (χ1n) is 9.33. The molecule has 9 nitrogen and oxygen atoms in total. The molecule has 0 aliphatic rings. The molecular formula is C21H19FN2O7S. The number of esters is 1. The average molecular weight is 462 g/mol. The Bertz CT molecular complexity index is 1320. The highest BCUT2D eigenvalue weighted by Gasteiger charge is 2.26. The molecule has 1 aromatic heterocycles. The number of methoxy groups -OCH3 is 1. The predicted octanol–water partition coefficient (Wildman–Crippen LogP) is 2.63. The Morgan fingerprint density at radius 1 is 1.09 bits per heavy atom. The Balaban J connectivity index is 2.09. The number of ether oxygens (including phenoxy) is 2. The van der Waals surface area contributed by atoms with E-state index in [0.29, 0.717) is 11.3 Å². The summed E-state index contributed by atoms with van der Waals surface area (Å²) < 4.78 is 54.8. The molecule has 0 radical (unpaired) electrons. The van der Waals surface area contributed by atoms with Gasteiger partial charge in [-0.15, -0.1) is 0 Å². The maximum Gasteiger partial charge on any atom is 0.362 e. The van der Waals surface area contributed by atoms with Gasteiger partial charge in [-0.3, -0.25) is 4.79 Å². The second-order valence-corrected chi connectivity index (χ2v) is 8.02. The second-order valence-electron chi connectivity index (χ2n) is 6.47. The monoisotopic (exact) mass is 462 g/mol. The summed E-state index contributed by atoms with van der Waals surface area (Å²) in [6.07, 6.45) is 0. The molecule has 0 saturated carbocycles. The van der Waals surface area contributed by atoms with Crippen LogP contribution in [0.25, 0.3) is 5.69 Å². The van der Waals surface area contributed by atoms with E-state index in [1.807, 2.05) is 0 Å². The molecule has 168 valence electrons. The smallest absolute Gasteiger partial charge is 0.362 e. The molecule has 0 bridgehead atoms. The van der Waals surface area contributed by atoms with Crippen LogP contribution in [0.15, 0.2) is 58.2 Å². The molecule has 0 aliphatic carbocycles. The first kappa shape index (κ1) is 22.9. The normalized spacial score (nSPS) is 11.1. The van der Waals surface area contributed by atoms with Gasteiger partial charge < -0.3 is 13.7 Å². The number of benzene rings is 2. The lowest BCUT2D eigenvalue weighted by Gasteiger charge is -2.13. The number of carbonyl (C=O) groups is 1. The van der Waals surface area contributed by atoms with E-state index >= 15 is 0 Å². The van der Waals surface area contributed by atoms with Crippen molar-refractivity contribution in [2.24, 2.45) is 0 Å². The molecule has 0 spiro atoms. The SMILES string of the molecule is CCOC(=O)c1nn(-c2ccc(F)cc2)c(=O)cc1OS(=O)(=O)c1ccc(OC)c(C)c1. The van der Waals surface area contributed by atoms with Gasteiger partial charge in [-0.2, -0.15) is 18.2 Å². The van der Waals surface area contributed by atoms with Gasteiger partial charge >= 0.3 is 16.1 Å². The van der Waals surface area contributed by atoms with E-state index < -0.39 is 38.9 Å². The number of rotatable bonds is 7. The van der Waals surface area contributed by atoms with Crippen LogP contribution in [0.2, 0.25) is 0 Å². The van der Waals surface area contributed by atoms with Crippen molar-refractivity contribution < 1.29 is 31.3 Å². The van der Waals surface area contributed by atoms with Crippen molar-refractivity contribution in [1.29, 1.82) is 0 Å². The Morgan fingerprint density at radius 2 is 1.78 bits per heavy atom. The van der Waals surface area contributed by atoms with Gasteiger partial charge in [0.1, 0.15) is 16.5 Å². The van der Waals surface area contributed by atoms with Gasteiger partial charge in [0, 0.05) is 0 Å². The lowest BCUT2D eigenvalue weighted by atomic mass is 10.2. The van der Waals surface area contributed by atoms with Crippen LogP contribution in [0.4, 0.5) is 4.39 Å². The van der Waals surface area contributed by atoms with Crippen molar-refractivity contribution >= 4 is 16.1 Å². The molecule has 0 aliphatic heterocycles. The van der Waals surface area contributed by atoms with Crippen molar-refractivity contribution in [2.45, 2.75) is 18.7 Å². The quantitative estimate of drug-likeness (QED) is 0.389. The fourth-order valence-electron chi connectivity index (χ4n) is 2.78. The Morgan fingerprint density at radius 3 is 2.38 bits per heavy atom. The van der Waals surface area contributed by atoms with Gasteiger partial charge in [0.05, 0.1) is 25.5 Å². The summed E-state index contributed by atoms with van der Waals surface area (Å²) in [7, 11) is -2.99. The highest BCUT2D eigenvalue weighted by atomic mass is 32.2. The fourth-order valence-corrected chi connectivity index (χ4v) is 3.80.